The average molecular weight is 433 g/mol. The van der Waals surface area contributed by atoms with E-state index in [2.05, 4.69) is 15.1 Å². The Morgan fingerprint density at radius 3 is 2.61 bits per heavy atom. The predicted octanol–water partition coefficient (Wildman–Crippen LogP) is 2.95. The van der Waals surface area contributed by atoms with Crippen molar-refractivity contribution in [3.05, 3.63) is 70.1 Å². The van der Waals surface area contributed by atoms with Gasteiger partial charge in [0.25, 0.3) is 11.3 Å². The largest absolute Gasteiger partial charge is 0.497 e. The third kappa shape index (κ3) is 3.04. The van der Waals surface area contributed by atoms with Crippen molar-refractivity contribution in [2.24, 2.45) is 0 Å². The third-order valence-electron chi connectivity index (χ3n) is 4.83. The second-order valence-electron chi connectivity index (χ2n) is 6.55. The third-order valence-corrected chi connectivity index (χ3v) is 5.69. The first kappa shape index (κ1) is 18.9. The Bertz CT molecular complexity index is 1490. The van der Waals surface area contributed by atoms with Crippen molar-refractivity contribution >= 4 is 34.0 Å². The average Bonchev–Trinajstić information content (AvgIpc) is 3.48. The first-order chi connectivity index (χ1) is 15.1. The van der Waals surface area contributed by atoms with Gasteiger partial charge in [0.15, 0.2) is 5.82 Å². The molecule has 9 nitrogen and oxygen atoms in total. The topological polar surface area (TPSA) is 101 Å². The first-order valence-corrected chi connectivity index (χ1v) is 10.1. The maximum Gasteiger partial charge on any atom is 0.341 e. The van der Waals surface area contributed by atoms with Crippen molar-refractivity contribution in [2.75, 3.05) is 14.2 Å². The minimum absolute atomic E-state index is 0.169. The van der Waals surface area contributed by atoms with Crippen LogP contribution in [0.2, 0.25) is 0 Å². The highest BCUT2D eigenvalue weighted by Gasteiger charge is 2.21. The van der Waals surface area contributed by atoms with Gasteiger partial charge in [0, 0.05) is 18.1 Å². The Labute approximate surface area is 179 Å². The number of pyridine rings is 1. The molecule has 0 unspecified atom stereocenters. The molecule has 5 aromatic rings. The van der Waals surface area contributed by atoms with Gasteiger partial charge in [-0.05, 0) is 35.7 Å². The van der Waals surface area contributed by atoms with Crippen LogP contribution in [0.25, 0.3) is 33.1 Å². The Balaban J connectivity index is 1.82. The fourth-order valence-corrected chi connectivity index (χ4v) is 3.99. The van der Waals surface area contributed by atoms with Crippen LogP contribution in [0.5, 0.6) is 5.75 Å². The van der Waals surface area contributed by atoms with E-state index in [0.29, 0.717) is 22.8 Å². The molecule has 31 heavy (non-hydrogen) atoms. The molecule has 0 bridgehead atoms. The van der Waals surface area contributed by atoms with Gasteiger partial charge in [0.05, 0.1) is 30.0 Å². The maximum absolute atomic E-state index is 13.3. The zero-order valence-corrected chi connectivity index (χ0v) is 17.3. The van der Waals surface area contributed by atoms with Crippen LogP contribution >= 0.6 is 11.3 Å². The number of carbonyl (C=O) groups excluding carboxylic acids is 1. The van der Waals surface area contributed by atoms with Gasteiger partial charge < -0.3 is 9.47 Å². The number of ether oxygens (including phenoxy) is 2. The molecule has 0 fully saturated rings. The smallest absolute Gasteiger partial charge is 0.341 e. The molecule has 0 aliphatic rings. The van der Waals surface area contributed by atoms with E-state index in [1.807, 2.05) is 17.5 Å². The summed E-state index contributed by atoms with van der Waals surface area (Å²) in [5, 5.41) is 6.64. The van der Waals surface area contributed by atoms with E-state index < -0.39 is 5.97 Å². The lowest BCUT2D eigenvalue weighted by atomic mass is 10.2. The lowest BCUT2D eigenvalue weighted by Gasteiger charge is -2.12. The van der Waals surface area contributed by atoms with Crippen LogP contribution in [0.4, 0.5) is 0 Å². The summed E-state index contributed by atoms with van der Waals surface area (Å²) in [4.78, 5) is 35.6. The molecule has 0 saturated heterocycles. The quantitative estimate of drug-likeness (QED) is 0.402. The minimum Gasteiger partial charge on any atom is -0.497 e. The van der Waals surface area contributed by atoms with Gasteiger partial charge in [0.1, 0.15) is 11.3 Å². The molecule has 0 radical (unpaired) electrons. The van der Waals surface area contributed by atoms with E-state index in [1.165, 1.54) is 39.9 Å². The van der Waals surface area contributed by atoms with Crippen LogP contribution in [0.15, 0.2) is 59.0 Å². The zero-order valence-electron chi connectivity index (χ0n) is 16.5. The predicted molar refractivity (Wildman–Crippen MR) is 115 cm³/mol. The SMILES string of the molecule is COC(=O)c1cn(-c2ccc(OC)cc2)c(=O)c2cnc3nc(-c4cccs4)nn3c12. The Morgan fingerprint density at radius 2 is 1.94 bits per heavy atom. The number of thiophene rings is 1. The van der Waals surface area contributed by atoms with Crippen LogP contribution < -0.4 is 10.3 Å². The van der Waals surface area contributed by atoms with Gasteiger partial charge in [-0.2, -0.15) is 9.50 Å². The number of rotatable bonds is 4. The lowest BCUT2D eigenvalue weighted by molar-refractivity contribution is 0.0602. The summed E-state index contributed by atoms with van der Waals surface area (Å²) in [6.07, 6.45) is 2.86. The van der Waals surface area contributed by atoms with Crippen molar-refractivity contribution in [1.29, 1.82) is 0 Å². The van der Waals surface area contributed by atoms with Crippen LogP contribution in [0.3, 0.4) is 0 Å². The summed E-state index contributed by atoms with van der Waals surface area (Å²) in [6, 6.07) is 10.7. The van der Waals surface area contributed by atoms with Crippen LogP contribution in [0.1, 0.15) is 10.4 Å². The normalized spacial score (nSPS) is 11.2. The van der Waals surface area contributed by atoms with Crippen molar-refractivity contribution in [2.45, 2.75) is 0 Å². The van der Waals surface area contributed by atoms with Gasteiger partial charge in [-0.15, -0.1) is 16.4 Å². The Kier molecular flexibility index (Phi) is 4.48. The number of nitrogens with zero attached hydrogens (tertiary/aromatic N) is 5. The molecule has 4 heterocycles. The van der Waals surface area contributed by atoms with E-state index in [-0.39, 0.29) is 22.3 Å². The number of hydrogen-bond donors (Lipinski definition) is 0. The summed E-state index contributed by atoms with van der Waals surface area (Å²) in [6.45, 7) is 0. The molecule has 0 saturated carbocycles. The number of esters is 1. The highest BCUT2D eigenvalue weighted by Crippen LogP contribution is 2.24. The number of methoxy groups -OCH3 is 2. The van der Waals surface area contributed by atoms with Crippen molar-refractivity contribution in [3.8, 4) is 22.1 Å². The minimum atomic E-state index is -0.604. The van der Waals surface area contributed by atoms with Gasteiger partial charge >= 0.3 is 5.97 Å². The Morgan fingerprint density at radius 1 is 1.13 bits per heavy atom. The molecule has 1 aromatic carbocycles. The summed E-state index contributed by atoms with van der Waals surface area (Å²) < 4.78 is 12.9. The van der Waals surface area contributed by atoms with E-state index in [9.17, 15) is 9.59 Å². The second-order valence-corrected chi connectivity index (χ2v) is 7.50. The number of hydrogen-bond acceptors (Lipinski definition) is 8. The molecular formula is C21H15N5O4S. The first-order valence-electron chi connectivity index (χ1n) is 9.18. The molecule has 0 amide bonds. The molecule has 0 atom stereocenters. The van der Waals surface area contributed by atoms with Gasteiger partial charge in [-0.3, -0.25) is 9.36 Å². The molecule has 0 N–H and O–H groups in total. The number of carbonyl (C=O) groups is 1. The molecule has 0 spiro atoms. The zero-order chi connectivity index (χ0) is 21.5. The summed E-state index contributed by atoms with van der Waals surface area (Å²) in [5.41, 5.74) is 0.677. The molecular weight excluding hydrogens is 418 g/mol. The summed E-state index contributed by atoms with van der Waals surface area (Å²) in [7, 11) is 2.85. The summed E-state index contributed by atoms with van der Waals surface area (Å²) in [5.74, 6) is 0.790. The Hall–Kier alpha value is -4.05. The lowest BCUT2D eigenvalue weighted by Crippen LogP contribution is -2.22. The van der Waals surface area contributed by atoms with Crippen LogP contribution in [0, 0.1) is 0 Å². The fourth-order valence-electron chi connectivity index (χ4n) is 3.33. The highest BCUT2D eigenvalue weighted by atomic mass is 32.1. The summed E-state index contributed by atoms with van der Waals surface area (Å²) >= 11 is 1.48. The number of benzene rings is 1. The van der Waals surface area contributed by atoms with E-state index in [1.54, 1.807) is 31.4 Å². The highest BCUT2D eigenvalue weighted by molar-refractivity contribution is 7.13. The van der Waals surface area contributed by atoms with Crippen molar-refractivity contribution < 1.29 is 14.3 Å². The van der Waals surface area contributed by atoms with Crippen molar-refractivity contribution in [1.82, 2.24) is 24.1 Å². The van der Waals surface area contributed by atoms with Gasteiger partial charge in [-0.1, -0.05) is 6.07 Å². The van der Waals surface area contributed by atoms with Crippen LogP contribution in [-0.4, -0.2) is 44.3 Å². The fraction of sp³-hybridized carbons (Fsp3) is 0.0952. The van der Waals surface area contributed by atoms with E-state index >= 15 is 0 Å². The molecule has 154 valence electrons. The van der Waals surface area contributed by atoms with Gasteiger partial charge in [0.2, 0.25) is 0 Å². The molecule has 0 aliphatic heterocycles. The molecule has 10 heteroatoms. The molecule has 4 aromatic heterocycles. The standard InChI is InChI=1S/C21H15N5O4S/c1-29-13-7-5-12(6-8-13)25-11-15(20(28)30-2)17-14(19(25)27)10-22-21-23-18(24-26(17)21)16-4-3-9-31-16/h3-11H,1-2H3. The second kappa shape index (κ2) is 7.33. The van der Waals surface area contributed by atoms with E-state index in [4.69, 9.17) is 9.47 Å². The number of fused-ring (bicyclic) bond motifs is 3. The van der Waals surface area contributed by atoms with Crippen molar-refractivity contribution in [3.63, 3.8) is 0 Å². The number of aromatic nitrogens is 5. The van der Waals surface area contributed by atoms with Crippen LogP contribution in [-0.2, 0) is 4.74 Å². The maximum atomic E-state index is 13.3. The molecule has 5 rings (SSSR count). The monoisotopic (exact) mass is 433 g/mol. The molecule has 0 aliphatic carbocycles. The van der Waals surface area contributed by atoms with Gasteiger partial charge in [-0.25, -0.2) is 9.78 Å². The van der Waals surface area contributed by atoms with E-state index in [0.717, 1.165) is 4.88 Å².